The van der Waals surface area contributed by atoms with Gasteiger partial charge in [-0.15, -0.1) is 0 Å². The molecule has 0 radical (unpaired) electrons. The normalized spacial score (nSPS) is 20.3. The van der Waals surface area contributed by atoms with Gasteiger partial charge in [0.15, 0.2) is 5.83 Å². The van der Waals surface area contributed by atoms with E-state index in [1.165, 1.54) is 17.2 Å². The Bertz CT molecular complexity index is 1910. The first-order valence-electron chi connectivity index (χ1n) is 15.5. The molecule has 2 N–H and O–H groups in total. The van der Waals surface area contributed by atoms with Crippen molar-refractivity contribution >= 4 is 39.3 Å². The summed E-state index contributed by atoms with van der Waals surface area (Å²) >= 11 is 0. The Kier molecular flexibility index (Phi) is 8.72. The van der Waals surface area contributed by atoms with Gasteiger partial charge in [-0.3, -0.25) is 9.69 Å². The van der Waals surface area contributed by atoms with Crippen LogP contribution in [0.5, 0.6) is 6.01 Å². The fourth-order valence-corrected chi connectivity index (χ4v) is 6.79. The van der Waals surface area contributed by atoms with Crippen molar-refractivity contribution in [3.05, 3.63) is 54.3 Å². The van der Waals surface area contributed by atoms with Crippen LogP contribution in [0.1, 0.15) is 38.2 Å². The first-order chi connectivity index (χ1) is 22.5. The molecular formula is C34H36F3N7O3. The van der Waals surface area contributed by atoms with Gasteiger partial charge >= 0.3 is 6.01 Å². The Labute approximate surface area is 270 Å². The van der Waals surface area contributed by atoms with Crippen molar-refractivity contribution in [2.24, 2.45) is 0 Å². The first-order valence-corrected chi connectivity index (χ1v) is 15.5. The zero-order chi connectivity index (χ0) is 33.6. The molecule has 6 rings (SSSR count). The van der Waals surface area contributed by atoms with Crippen LogP contribution in [-0.2, 0) is 4.79 Å². The molecular weight excluding hydrogens is 611 g/mol. The van der Waals surface area contributed by atoms with Crippen molar-refractivity contribution in [2.75, 3.05) is 50.5 Å². The van der Waals surface area contributed by atoms with Crippen LogP contribution < -0.4 is 15.4 Å². The quantitative estimate of drug-likeness (QED) is 0.189. The van der Waals surface area contributed by atoms with Gasteiger partial charge < -0.3 is 24.7 Å². The highest BCUT2D eigenvalue weighted by molar-refractivity contribution is 6.14. The number of benzene rings is 2. The van der Waals surface area contributed by atoms with Gasteiger partial charge in [0.1, 0.15) is 30.0 Å². The number of furan rings is 1. The van der Waals surface area contributed by atoms with E-state index in [2.05, 4.69) is 12.6 Å². The summed E-state index contributed by atoms with van der Waals surface area (Å²) in [6.07, 6.45) is 0.852. The molecule has 0 saturated carbocycles. The number of fused-ring (bicyclic) bond motifs is 3. The highest BCUT2D eigenvalue weighted by Gasteiger charge is 2.35. The number of alkyl halides is 1. The van der Waals surface area contributed by atoms with Crippen molar-refractivity contribution < 1.29 is 27.1 Å². The smallest absolute Gasteiger partial charge is 0.319 e. The summed E-state index contributed by atoms with van der Waals surface area (Å²) in [6, 6.07) is 7.95. The zero-order valence-electron chi connectivity index (χ0n) is 26.5. The van der Waals surface area contributed by atoms with Crippen molar-refractivity contribution in [1.82, 2.24) is 19.8 Å². The summed E-state index contributed by atoms with van der Waals surface area (Å²) in [4.78, 5) is 27.2. The molecule has 4 heterocycles. The van der Waals surface area contributed by atoms with Crippen molar-refractivity contribution in [1.29, 1.82) is 5.26 Å². The molecule has 2 fully saturated rings. The van der Waals surface area contributed by atoms with E-state index in [-0.39, 0.29) is 56.3 Å². The first kappa shape index (κ1) is 32.1. The number of nitrogens with two attached hydrogens (primary N) is 1. The van der Waals surface area contributed by atoms with E-state index in [4.69, 9.17) is 24.9 Å². The van der Waals surface area contributed by atoms with Gasteiger partial charge in [-0.05, 0) is 60.3 Å². The summed E-state index contributed by atoms with van der Waals surface area (Å²) < 4.78 is 55.5. The van der Waals surface area contributed by atoms with E-state index in [1.807, 2.05) is 36.8 Å². The van der Waals surface area contributed by atoms with Gasteiger partial charge in [0.2, 0.25) is 0 Å². The van der Waals surface area contributed by atoms with E-state index in [1.54, 1.807) is 12.1 Å². The van der Waals surface area contributed by atoms with Gasteiger partial charge in [-0.25, -0.2) is 13.2 Å². The molecule has 4 aromatic rings. The number of hydrogen-bond acceptors (Lipinski definition) is 9. The molecule has 47 heavy (non-hydrogen) atoms. The van der Waals surface area contributed by atoms with E-state index in [9.17, 15) is 18.8 Å². The predicted molar refractivity (Wildman–Crippen MR) is 173 cm³/mol. The number of hydrogen-bond donors (Lipinski definition) is 1. The minimum atomic E-state index is -1.10. The van der Waals surface area contributed by atoms with E-state index >= 15 is 4.39 Å². The standard InChI is InChI=1S/C34H36F3N7O3/c1-18(2)29-26(12-21(39)13-27(29)37)25-14-28-30(31-24(25)6-10-46-31)32(41-34(40-28)47-17-23-11-20(36)15-42(23)4)43-8-9-44(33(45)19(3)35)22(16-43)5-7-38/h6,10,12-14,18,20,22-23H,3,5,8-9,11,15-17,39H2,1-2,4H3/t20-,22+,23+/m1/s1. The molecule has 0 unspecified atom stereocenters. The molecule has 246 valence electrons. The number of piperazine rings is 1. The average Bonchev–Trinajstić information content (AvgIpc) is 3.63. The lowest BCUT2D eigenvalue weighted by Gasteiger charge is -2.41. The fraction of sp³-hybridized carbons (Fsp3) is 0.412. The average molecular weight is 648 g/mol. The van der Waals surface area contributed by atoms with Crippen LogP contribution in [-0.4, -0.2) is 83.8 Å². The predicted octanol–water partition coefficient (Wildman–Crippen LogP) is 5.72. The van der Waals surface area contributed by atoms with Crippen LogP contribution in [0.15, 0.2) is 47.4 Å². The number of ether oxygens (including phenoxy) is 1. The van der Waals surface area contributed by atoms with E-state index in [0.717, 1.165) is 0 Å². The SMILES string of the molecule is C=C(F)C(=O)N1CCN(c2nc(OC[C@@H]3C[C@@H](F)CN3C)nc3cc(-c4cc(N)cc(F)c4C(C)C)c4ccoc4c23)C[C@@H]1CC#N. The molecule has 10 nitrogen and oxygen atoms in total. The van der Waals surface area contributed by atoms with Gasteiger partial charge in [0, 0.05) is 43.3 Å². The second-order valence-electron chi connectivity index (χ2n) is 12.5. The fourth-order valence-electron chi connectivity index (χ4n) is 6.79. The maximum Gasteiger partial charge on any atom is 0.319 e. The Morgan fingerprint density at radius 1 is 1.21 bits per heavy atom. The zero-order valence-corrected chi connectivity index (χ0v) is 26.5. The third kappa shape index (κ3) is 6.05. The van der Waals surface area contributed by atoms with Gasteiger partial charge in [-0.2, -0.15) is 15.2 Å². The summed E-state index contributed by atoms with van der Waals surface area (Å²) in [7, 11) is 1.83. The summed E-state index contributed by atoms with van der Waals surface area (Å²) in [6.45, 7) is 7.93. The topological polar surface area (TPSA) is 125 Å². The maximum absolute atomic E-state index is 15.3. The van der Waals surface area contributed by atoms with Gasteiger partial charge in [0.25, 0.3) is 5.91 Å². The Morgan fingerprint density at radius 3 is 2.68 bits per heavy atom. The highest BCUT2D eigenvalue weighted by atomic mass is 19.1. The van der Waals surface area contributed by atoms with Crippen LogP contribution >= 0.6 is 0 Å². The second kappa shape index (κ2) is 12.8. The molecule has 2 aliphatic rings. The number of likely N-dealkylation sites (tertiary alicyclic amines) is 1. The highest BCUT2D eigenvalue weighted by Crippen LogP contribution is 2.43. The van der Waals surface area contributed by atoms with E-state index < -0.39 is 29.8 Å². The van der Waals surface area contributed by atoms with E-state index in [0.29, 0.717) is 57.3 Å². The third-order valence-electron chi connectivity index (χ3n) is 9.02. The Hall–Kier alpha value is -4.83. The molecule has 0 spiro atoms. The van der Waals surface area contributed by atoms with Gasteiger partial charge in [0.05, 0.1) is 35.7 Å². The largest absolute Gasteiger partial charge is 0.463 e. The number of carbonyl (C=O) groups is 1. The van der Waals surface area contributed by atoms with Crippen LogP contribution in [0.2, 0.25) is 0 Å². The molecule has 3 atom stereocenters. The van der Waals surface area contributed by atoms with Crippen LogP contribution in [0.4, 0.5) is 24.7 Å². The summed E-state index contributed by atoms with van der Waals surface area (Å²) in [5.41, 5.74) is 9.03. The summed E-state index contributed by atoms with van der Waals surface area (Å²) in [5.74, 6) is -2.11. The number of nitrogen functional groups attached to an aromatic ring is 1. The number of anilines is 2. The number of amides is 1. The van der Waals surface area contributed by atoms with Gasteiger partial charge in [-0.1, -0.05) is 20.4 Å². The van der Waals surface area contributed by atoms with Crippen molar-refractivity contribution in [3.63, 3.8) is 0 Å². The molecule has 2 saturated heterocycles. The number of halogens is 3. The summed E-state index contributed by atoms with van der Waals surface area (Å²) in [5, 5.41) is 10.8. The Balaban J connectivity index is 1.52. The number of nitriles is 1. The minimum absolute atomic E-state index is 0.0374. The third-order valence-corrected chi connectivity index (χ3v) is 9.02. The molecule has 0 bridgehead atoms. The number of carbonyl (C=O) groups excluding carboxylic acids is 1. The van der Waals surface area contributed by atoms with Crippen LogP contribution in [0, 0.1) is 17.1 Å². The lowest BCUT2D eigenvalue weighted by atomic mass is 9.89. The molecule has 1 amide bonds. The molecule has 0 aliphatic carbocycles. The lowest BCUT2D eigenvalue weighted by molar-refractivity contribution is -0.131. The Morgan fingerprint density at radius 2 is 2.00 bits per heavy atom. The molecule has 2 aliphatic heterocycles. The number of rotatable bonds is 8. The van der Waals surface area contributed by atoms with Crippen LogP contribution in [0.3, 0.4) is 0 Å². The molecule has 13 heteroatoms. The number of nitrogens with zero attached hydrogens (tertiary/aromatic N) is 6. The lowest BCUT2D eigenvalue weighted by Crippen LogP contribution is -2.55. The number of aromatic nitrogens is 2. The molecule has 2 aromatic carbocycles. The second-order valence-corrected chi connectivity index (χ2v) is 12.5. The van der Waals surface area contributed by atoms with Crippen molar-refractivity contribution in [2.45, 2.75) is 50.9 Å². The van der Waals surface area contributed by atoms with Crippen molar-refractivity contribution in [3.8, 4) is 23.2 Å². The van der Waals surface area contributed by atoms with Crippen LogP contribution in [0.25, 0.3) is 33.0 Å². The number of likely N-dealkylation sites (N-methyl/N-ethyl adjacent to an activating group) is 1. The monoisotopic (exact) mass is 647 g/mol. The maximum atomic E-state index is 15.3. The minimum Gasteiger partial charge on any atom is -0.463 e. The molecule has 2 aromatic heterocycles.